The average molecular weight is 336 g/mol. The Hall–Kier alpha value is -3.08. The number of aryl methyl sites for hydroxylation is 1. The Bertz CT molecular complexity index is 894. The van der Waals surface area contributed by atoms with Gasteiger partial charge in [0.15, 0.2) is 0 Å². The highest BCUT2D eigenvalue weighted by atomic mass is 16.5. The summed E-state index contributed by atoms with van der Waals surface area (Å²) in [5.41, 5.74) is 4.13. The highest BCUT2D eigenvalue weighted by Crippen LogP contribution is 2.29. The summed E-state index contributed by atoms with van der Waals surface area (Å²) in [4.78, 5) is 11.9. The van der Waals surface area contributed by atoms with Gasteiger partial charge in [0, 0.05) is 5.56 Å². The lowest BCUT2D eigenvalue weighted by Crippen LogP contribution is -2.05. The monoisotopic (exact) mass is 336 g/mol. The number of carboxylic acids is 1. The van der Waals surface area contributed by atoms with E-state index in [1.54, 1.807) is 11.8 Å². The first-order valence-electron chi connectivity index (χ1n) is 8.11. The molecule has 0 aliphatic rings. The van der Waals surface area contributed by atoms with Gasteiger partial charge in [0.1, 0.15) is 17.0 Å². The number of nitrogens with zero attached hydrogens (tertiary/aromatic N) is 2. The van der Waals surface area contributed by atoms with Crippen LogP contribution in [0.25, 0.3) is 16.9 Å². The molecule has 5 nitrogen and oxygen atoms in total. The van der Waals surface area contributed by atoms with Crippen LogP contribution in [-0.2, 0) is 6.42 Å². The van der Waals surface area contributed by atoms with Crippen molar-refractivity contribution in [2.24, 2.45) is 0 Å². The van der Waals surface area contributed by atoms with Crippen LogP contribution in [0, 0.1) is 6.92 Å². The molecule has 0 saturated heterocycles. The maximum absolute atomic E-state index is 11.9. The average Bonchev–Trinajstić information content (AvgIpc) is 3.02. The van der Waals surface area contributed by atoms with Crippen LogP contribution in [0.2, 0.25) is 0 Å². The summed E-state index contributed by atoms with van der Waals surface area (Å²) in [6.45, 7) is 3.93. The van der Waals surface area contributed by atoms with Crippen LogP contribution in [0.1, 0.15) is 28.5 Å². The molecule has 0 bridgehead atoms. The van der Waals surface area contributed by atoms with Crippen molar-refractivity contribution >= 4 is 5.97 Å². The highest BCUT2D eigenvalue weighted by Gasteiger charge is 2.24. The van der Waals surface area contributed by atoms with Gasteiger partial charge in [-0.25, -0.2) is 9.48 Å². The molecule has 0 saturated carbocycles. The van der Waals surface area contributed by atoms with Gasteiger partial charge < -0.3 is 9.84 Å². The normalized spacial score (nSPS) is 10.7. The Labute approximate surface area is 146 Å². The largest absolute Gasteiger partial charge is 0.497 e. The lowest BCUT2D eigenvalue weighted by Gasteiger charge is -2.07. The first-order valence-corrected chi connectivity index (χ1v) is 8.11. The lowest BCUT2D eigenvalue weighted by atomic mass is 10.0. The number of aromatic nitrogens is 2. The van der Waals surface area contributed by atoms with E-state index < -0.39 is 5.97 Å². The second-order valence-electron chi connectivity index (χ2n) is 5.80. The van der Waals surface area contributed by atoms with Crippen LogP contribution >= 0.6 is 0 Å². The van der Waals surface area contributed by atoms with Crippen LogP contribution in [-0.4, -0.2) is 28.0 Å². The Morgan fingerprint density at radius 3 is 2.28 bits per heavy atom. The molecule has 0 amide bonds. The number of benzene rings is 2. The second-order valence-corrected chi connectivity index (χ2v) is 5.80. The molecule has 0 fully saturated rings. The third-order valence-corrected chi connectivity index (χ3v) is 4.17. The summed E-state index contributed by atoms with van der Waals surface area (Å²) in [6.07, 6.45) is 0.562. The van der Waals surface area contributed by atoms with Gasteiger partial charge >= 0.3 is 5.97 Å². The van der Waals surface area contributed by atoms with Crippen molar-refractivity contribution < 1.29 is 14.6 Å². The summed E-state index contributed by atoms with van der Waals surface area (Å²) in [5.74, 6) is -0.224. The van der Waals surface area contributed by atoms with E-state index in [1.807, 2.05) is 62.4 Å². The van der Waals surface area contributed by atoms with Gasteiger partial charge in [0.05, 0.1) is 18.5 Å². The number of hydrogen-bond donors (Lipinski definition) is 1. The molecule has 2 aromatic carbocycles. The van der Waals surface area contributed by atoms with Crippen molar-refractivity contribution in [1.82, 2.24) is 9.78 Å². The van der Waals surface area contributed by atoms with Crippen LogP contribution in [0.3, 0.4) is 0 Å². The molecule has 0 spiro atoms. The van der Waals surface area contributed by atoms with Crippen molar-refractivity contribution in [3.63, 3.8) is 0 Å². The number of hydrogen-bond acceptors (Lipinski definition) is 3. The summed E-state index contributed by atoms with van der Waals surface area (Å²) < 4.78 is 6.89. The Morgan fingerprint density at radius 1 is 1.12 bits per heavy atom. The van der Waals surface area contributed by atoms with Gasteiger partial charge in [-0.05, 0) is 37.6 Å². The molecule has 0 unspecified atom stereocenters. The van der Waals surface area contributed by atoms with E-state index in [1.165, 1.54) is 0 Å². The molecule has 0 aliphatic carbocycles. The molecule has 1 aromatic heterocycles. The van der Waals surface area contributed by atoms with Crippen molar-refractivity contribution in [2.75, 3.05) is 7.11 Å². The van der Waals surface area contributed by atoms with E-state index in [4.69, 9.17) is 4.74 Å². The van der Waals surface area contributed by atoms with Gasteiger partial charge in [0.25, 0.3) is 0 Å². The zero-order valence-electron chi connectivity index (χ0n) is 14.5. The fourth-order valence-corrected chi connectivity index (χ4v) is 2.85. The van der Waals surface area contributed by atoms with Crippen LogP contribution in [0.5, 0.6) is 5.75 Å². The highest BCUT2D eigenvalue weighted by molar-refractivity contribution is 5.96. The summed E-state index contributed by atoms with van der Waals surface area (Å²) in [6, 6.07) is 15.1. The second kappa shape index (κ2) is 6.81. The maximum atomic E-state index is 11.9. The minimum absolute atomic E-state index is 0.252. The third-order valence-electron chi connectivity index (χ3n) is 4.17. The molecule has 5 heteroatoms. The van der Waals surface area contributed by atoms with Crippen LogP contribution in [0.4, 0.5) is 0 Å². The van der Waals surface area contributed by atoms with Crippen molar-refractivity contribution in [3.05, 3.63) is 65.4 Å². The molecule has 3 rings (SSSR count). The molecular formula is C20H20N2O3. The third kappa shape index (κ3) is 3.13. The van der Waals surface area contributed by atoms with E-state index in [0.717, 1.165) is 22.6 Å². The van der Waals surface area contributed by atoms with Crippen LogP contribution in [0.15, 0.2) is 48.5 Å². The maximum Gasteiger partial charge on any atom is 0.339 e. The van der Waals surface area contributed by atoms with E-state index in [9.17, 15) is 9.90 Å². The van der Waals surface area contributed by atoms with Gasteiger partial charge in [-0.2, -0.15) is 5.10 Å². The zero-order chi connectivity index (χ0) is 18.0. The number of carboxylic acid groups (broad SMARTS) is 1. The van der Waals surface area contributed by atoms with Gasteiger partial charge in [-0.15, -0.1) is 0 Å². The van der Waals surface area contributed by atoms with Crippen molar-refractivity contribution in [2.45, 2.75) is 20.3 Å². The molecule has 3 aromatic rings. The number of carbonyl (C=O) groups is 1. The van der Waals surface area contributed by atoms with Gasteiger partial charge in [-0.1, -0.05) is 36.8 Å². The first kappa shape index (κ1) is 16.8. The first-order chi connectivity index (χ1) is 12.0. The fraction of sp³-hybridized carbons (Fsp3) is 0.200. The number of rotatable bonds is 5. The van der Waals surface area contributed by atoms with Gasteiger partial charge in [0.2, 0.25) is 0 Å². The van der Waals surface area contributed by atoms with Gasteiger partial charge in [-0.3, -0.25) is 0 Å². The number of methoxy groups -OCH3 is 1. The SMILES string of the molecule is CCc1c(C(=O)O)c(-c2ccc(C)cc2)nn1-c1ccc(OC)cc1. The number of aromatic carboxylic acids is 1. The number of ether oxygens (including phenoxy) is 1. The van der Waals surface area contributed by atoms with E-state index in [0.29, 0.717) is 17.8 Å². The molecule has 0 radical (unpaired) electrons. The molecule has 0 atom stereocenters. The minimum atomic E-state index is -0.966. The smallest absolute Gasteiger partial charge is 0.339 e. The Balaban J connectivity index is 2.20. The topological polar surface area (TPSA) is 64.3 Å². The standard InChI is InChI=1S/C20H20N2O3/c1-4-17-18(20(23)24)19(14-7-5-13(2)6-8-14)21-22(17)15-9-11-16(25-3)12-10-15/h5-12H,4H2,1-3H3,(H,23,24). The Kier molecular flexibility index (Phi) is 4.57. The Morgan fingerprint density at radius 2 is 1.76 bits per heavy atom. The minimum Gasteiger partial charge on any atom is -0.497 e. The predicted molar refractivity (Wildman–Crippen MR) is 96.6 cm³/mol. The molecule has 1 heterocycles. The lowest BCUT2D eigenvalue weighted by molar-refractivity contribution is 0.0696. The summed E-state index contributed by atoms with van der Waals surface area (Å²) in [7, 11) is 1.61. The van der Waals surface area contributed by atoms with E-state index >= 15 is 0 Å². The molecule has 1 N–H and O–H groups in total. The van der Waals surface area contributed by atoms with E-state index in [-0.39, 0.29) is 5.56 Å². The zero-order valence-corrected chi connectivity index (χ0v) is 14.5. The van der Waals surface area contributed by atoms with Crippen molar-refractivity contribution in [3.8, 4) is 22.7 Å². The fourth-order valence-electron chi connectivity index (χ4n) is 2.85. The van der Waals surface area contributed by atoms with Crippen LogP contribution < -0.4 is 4.74 Å². The quantitative estimate of drug-likeness (QED) is 0.761. The predicted octanol–water partition coefficient (Wildman–Crippen LogP) is 4.12. The van der Waals surface area contributed by atoms with Crippen molar-refractivity contribution in [1.29, 1.82) is 0 Å². The molecule has 0 aliphatic heterocycles. The molecule has 128 valence electrons. The van der Waals surface area contributed by atoms with E-state index in [2.05, 4.69) is 5.10 Å². The summed E-state index contributed by atoms with van der Waals surface area (Å²) >= 11 is 0. The molecular weight excluding hydrogens is 316 g/mol. The summed E-state index contributed by atoms with van der Waals surface area (Å²) in [5, 5.41) is 14.4. The molecule has 25 heavy (non-hydrogen) atoms.